The molecular formula is C21H20N4O5. The molecule has 0 unspecified atom stereocenters. The zero-order valence-electron chi connectivity index (χ0n) is 16.4. The predicted octanol–water partition coefficient (Wildman–Crippen LogP) is 1.76. The van der Waals surface area contributed by atoms with Crippen molar-refractivity contribution >= 4 is 22.6 Å². The van der Waals surface area contributed by atoms with E-state index < -0.39 is 11.8 Å². The average Bonchev–Trinajstić information content (AvgIpc) is 2.79. The van der Waals surface area contributed by atoms with Crippen LogP contribution in [0.1, 0.15) is 31.8 Å². The van der Waals surface area contributed by atoms with Crippen LogP contribution < -0.4 is 36.7 Å². The minimum atomic E-state index is -0.625. The molecule has 3 aromatic rings. The van der Waals surface area contributed by atoms with Crippen molar-refractivity contribution in [3.63, 3.8) is 0 Å². The normalized spacial score (nSPS) is 11.7. The van der Waals surface area contributed by atoms with Gasteiger partial charge in [-0.3, -0.25) is 20.4 Å². The van der Waals surface area contributed by atoms with Crippen LogP contribution in [0.15, 0.2) is 36.4 Å². The fraction of sp³-hybridized carbons (Fsp3) is 0.143. The summed E-state index contributed by atoms with van der Waals surface area (Å²) >= 11 is 0. The minimum absolute atomic E-state index is 0.0914. The minimum Gasteiger partial charge on any atom is -0.497 e. The van der Waals surface area contributed by atoms with Crippen molar-refractivity contribution in [3.05, 3.63) is 58.7 Å². The van der Waals surface area contributed by atoms with Gasteiger partial charge >= 0.3 is 0 Å². The number of nitrogen functional groups attached to an aromatic ring is 2. The van der Waals surface area contributed by atoms with Gasteiger partial charge < -0.3 is 14.2 Å². The lowest BCUT2D eigenvalue weighted by molar-refractivity contribution is 0.0921. The molecule has 9 heteroatoms. The Morgan fingerprint density at radius 2 is 1.73 bits per heavy atom. The van der Waals surface area contributed by atoms with E-state index in [-0.39, 0.29) is 11.1 Å². The maximum Gasteiger partial charge on any atom is 0.266 e. The number of hydrogen-bond donors (Lipinski definition) is 4. The molecule has 6 N–H and O–H groups in total. The van der Waals surface area contributed by atoms with Crippen LogP contribution in [-0.2, 0) is 6.42 Å². The first-order valence-electron chi connectivity index (χ1n) is 9.05. The molecule has 0 saturated carbocycles. The molecule has 4 rings (SSSR count). The largest absolute Gasteiger partial charge is 0.497 e. The third kappa shape index (κ3) is 2.97. The molecule has 0 fully saturated rings. The molecule has 9 nitrogen and oxygen atoms in total. The van der Waals surface area contributed by atoms with E-state index in [0.29, 0.717) is 34.8 Å². The topological polar surface area (TPSA) is 138 Å². The maximum atomic E-state index is 12.6. The second-order valence-electron chi connectivity index (χ2n) is 6.67. The number of carbonyl (C=O) groups excluding carboxylic acids is 2. The molecule has 154 valence electrons. The highest BCUT2D eigenvalue weighted by molar-refractivity contribution is 6.16. The van der Waals surface area contributed by atoms with Crippen LogP contribution in [0.2, 0.25) is 0 Å². The summed E-state index contributed by atoms with van der Waals surface area (Å²) in [5.74, 6) is 11.8. The molecule has 0 atom stereocenters. The first-order chi connectivity index (χ1) is 14.5. The van der Waals surface area contributed by atoms with Gasteiger partial charge in [-0.25, -0.2) is 11.7 Å². The van der Waals surface area contributed by atoms with Gasteiger partial charge in [-0.05, 0) is 41.1 Å². The van der Waals surface area contributed by atoms with E-state index in [4.69, 9.17) is 25.9 Å². The van der Waals surface area contributed by atoms with Gasteiger partial charge in [0.25, 0.3) is 11.8 Å². The van der Waals surface area contributed by atoms with E-state index >= 15 is 0 Å². The number of hydrazine groups is 2. The number of nitrogens with one attached hydrogen (secondary N) is 2. The van der Waals surface area contributed by atoms with Crippen molar-refractivity contribution < 1.29 is 23.8 Å². The van der Waals surface area contributed by atoms with Gasteiger partial charge in [-0.1, -0.05) is 6.07 Å². The molecule has 2 amide bonds. The molecule has 3 aromatic carbocycles. The molecule has 1 heterocycles. The molecule has 1 aliphatic heterocycles. The summed E-state index contributed by atoms with van der Waals surface area (Å²) in [5, 5.41) is 1.22. The lowest BCUT2D eigenvalue weighted by Crippen LogP contribution is -2.35. The molecule has 0 bridgehead atoms. The second-order valence-corrected chi connectivity index (χ2v) is 6.67. The first-order valence-corrected chi connectivity index (χ1v) is 9.05. The lowest BCUT2D eigenvalue weighted by Gasteiger charge is -2.25. The van der Waals surface area contributed by atoms with Crippen molar-refractivity contribution in [2.24, 2.45) is 11.7 Å². The summed E-state index contributed by atoms with van der Waals surface area (Å²) < 4.78 is 17.0. The second kappa shape index (κ2) is 7.54. The van der Waals surface area contributed by atoms with E-state index in [9.17, 15) is 9.59 Å². The summed E-state index contributed by atoms with van der Waals surface area (Å²) in [4.78, 5) is 24.8. The van der Waals surface area contributed by atoms with Crippen molar-refractivity contribution in [1.29, 1.82) is 0 Å². The van der Waals surface area contributed by atoms with E-state index in [1.165, 1.54) is 13.2 Å². The third-order valence-electron chi connectivity index (χ3n) is 5.14. The van der Waals surface area contributed by atoms with E-state index in [1.807, 2.05) is 18.2 Å². The monoisotopic (exact) mass is 408 g/mol. The molecule has 0 aliphatic carbocycles. The van der Waals surface area contributed by atoms with Gasteiger partial charge in [-0.2, -0.15) is 0 Å². The summed E-state index contributed by atoms with van der Waals surface area (Å²) in [7, 11) is 3.10. The summed E-state index contributed by atoms with van der Waals surface area (Å²) in [6, 6.07) is 10.5. The van der Waals surface area contributed by atoms with Crippen LogP contribution >= 0.6 is 0 Å². The number of amides is 2. The number of nitrogens with two attached hydrogens (primary N) is 2. The molecule has 0 spiro atoms. The van der Waals surface area contributed by atoms with E-state index in [1.54, 1.807) is 19.2 Å². The van der Waals surface area contributed by atoms with Crippen LogP contribution in [0.5, 0.6) is 23.0 Å². The SMILES string of the molecule is COc1ccc2c(c1)Cc1c(c(OC)cc3c(C(=O)NN)c(C(=O)NN)ccc13)O2. The van der Waals surface area contributed by atoms with Crippen LogP contribution in [0.3, 0.4) is 0 Å². The first kappa shape index (κ1) is 19.5. The third-order valence-corrected chi connectivity index (χ3v) is 5.14. The lowest BCUT2D eigenvalue weighted by atomic mass is 9.90. The Balaban J connectivity index is 2.01. The van der Waals surface area contributed by atoms with Crippen LogP contribution in [0, 0.1) is 0 Å². The molecular weight excluding hydrogens is 388 g/mol. The van der Waals surface area contributed by atoms with Crippen molar-refractivity contribution in [2.75, 3.05) is 14.2 Å². The Kier molecular flexibility index (Phi) is 4.90. The van der Waals surface area contributed by atoms with Gasteiger partial charge in [0.15, 0.2) is 11.5 Å². The summed E-state index contributed by atoms with van der Waals surface area (Å²) in [5.41, 5.74) is 6.07. The number of carbonyl (C=O) groups is 2. The summed E-state index contributed by atoms with van der Waals surface area (Å²) in [6.07, 6.45) is 0.516. The van der Waals surface area contributed by atoms with Gasteiger partial charge in [-0.15, -0.1) is 0 Å². The van der Waals surface area contributed by atoms with Crippen molar-refractivity contribution in [2.45, 2.75) is 6.42 Å². The number of hydrogen-bond acceptors (Lipinski definition) is 7. The van der Waals surface area contributed by atoms with Crippen LogP contribution in [0.25, 0.3) is 10.8 Å². The molecule has 1 aliphatic rings. The van der Waals surface area contributed by atoms with E-state index in [2.05, 4.69) is 10.9 Å². The van der Waals surface area contributed by atoms with Crippen LogP contribution in [0.4, 0.5) is 0 Å². The number of fused-ring (bicyclic) bond motifs is 4. The number of ether oxygens (including phenoxy) is 3. The smallest absolute Gasteiger partial charge is 0.266 e. The molecule has 30 heavy (non-hydrogen) atoms. The average molecular weight is 408 g/mol. The fourth-order valence-corrected chi connectivity index (χ4v) is 3.74. The zero-order chi connectivity index (χ0) is 21.4. The standard InChI is InChI=1S/C21H20N4O5/c1-28-11-3-6-16-10(7-11)8-15-12-4-5-13(20(26)24-22)18(21(27)25-23)14(12)9-17(29-2)19(15)30-16/h3-7,9H,8,22-23H2,1-2H3,(H,24,26)(H,25,27). The number of rotatable bonds is 4. The highest BCUT2D eigenvalue weighted by Crippen LogP contribution is 2.47. The predicted molar refractivity (Wildman–Crippen MR) is 110 cm³/mol. The Morgan fingerprint density at radius 3 is 2.40 bits per heavy atom. The van der Waals surface area contributed by atoms with E-state index in [0.717, 1.165) is 16.5 Å². The molecule has 0 saturated heterocycles. The fourth-order valence-electron chi connectivity index (χ4n) is 3.74. The van der Waals surface area contributed by atoms with Gasteiger partial charge in [0, 0.05) is 17.5 Å². The van der Waals surface area contributed by atoms with Gasteiger partial charge in [0.1, 0.15) is 11.5 Å². The molecule has 0 radical (unpaired) electrons. The highest BCUT2D eigenvalue weighted by Gasteiger charge is 2.27. The zero-order valence-corrected chi connectivity index (χ0v) is 16.4. The van der Waals surface area contributed by atoms with Gasteiger partial charge in [0.2, 0.25) is 0 Å². The quantitative estimate of drug-likeness (QED) is 0.229. The Bertz CT molecular complexity index is 1190. The van der Waals surface area contributed by atoms with Gasteiger partial charge in [0.05, 0.1) is 25.3 Å². The Labute approximate surface area is 171 Å². The molecule has 0 aromatic heterocycles. The highest BCUT2D eigenvalue weighted by atomic mass is 16.5. The Morgan fingerprint density at radius 1 is 0.967 bits per heavy atom. The Hall–Kier alpha value is -3.82. The summed E-state index contributed by atoms with van der Waals surface area (Å²) in [6.45, 7) is 0. The maximum absolute atomic E-state index is 12.6. The van der Waals surface area contributed by atoms with Crippen LogP contribution in [-0.4, -0.2) is 26.0 Å². The number of benzene rings is 3. The van der Waals surface area contributed by atoms with Crippen molar-refractivity contribution in [3.8, 4) is 23.0 Å². The number of methoxy groups -OCH3 is 2. The van der Waals surface area contributed by atoms with Crippen molar-refractivity contribution in [1.82, 2.24) is 10.9 Å².